The van der Waals surface area contributed by atoms with E-state index in [0.717, 1.165) is 29.1 Å². The van der Waals surface area contributed by atoms with E-state index >= 15 is 0 Å². The van der Waals surface area contributed by atoms with Gasteiger partial charge in [0.15, 0.2) is 0 Å². The molecule has 0 radical (unpaired) electrons. The molecule has 1 unspecified atom stereocenters. The molecule has 2 aromatic rings. The van der Waals surface area contributed by atoms with Gasteiger partial charge < -0.3 is 10.3 Å². The first-order valence-corrected chi connectivity index (χ1v) is 6.64. The molecule has 4 heteroatoms. The van der Waals surface area contributed by atoms with E-state index in [1.54, 1.807) is 0 Å². The maximum atomic E-state index is 4.49. The predicted octanol–water partition coefficient (Wildman–Crippen LogP) is 2.92. The average Bonchev–Trinajstić information content (AvgIpc) is 3.00. The summed E-state index contributed by atoms with van der Waals surface area (Å²) in [4.78, 5) is 7.92. The molecule has 0 amide bonds. The number of rotatable bonds is 2. The molecule has 1 fully saturated rings. The second-order valence-electron chi connectivity index (χ2n) is 4.38. The maximum absolute atomic E-state index is 4.49. The zero-order chi connectivity index (χ0) is 11.7. The van der Waals surface area contributed by atoms with Crippen LogP contribution in [0.4, 0.5) is 0 Å². The van der Waals surface area contributed by atoms with Crippen molar-refractivity contribution >= 4 is 15.9 Å². The molecule has 17 heavy (non-hydrogen) atoms. The van der Waals surface area contributed by atoms with Crippen LogP contribution in [0.25, 0.3) is 11.3 Å². The summed E-state index contributed by atoms with van der Waals surface area (Å²) in [6.45, 7) is 2.13. The van der Waals surface area contributed by atoms with Crippen molar-refractivity contribution in [2.75, 3.05) is 13.1 Å². The molecule has 1 atom stereocenters. The van der Waals surface area contributed by atoms with Gasteiger partial charge in [0.2, 0.25) is 0 Å². The minimum absolute atomic E-state index is 0.538. The summed E-state index contributed by atoms with van der Waals surface area (Å²) in [5.41, 5.74) is 2.26. The van der Waals surface area contributed by atoms with E-state index in [1.807, 2.05) is 18.3 Å². The van der Waals surface area contributed by atoms with Gasteiger partial charge in [0.1, 0.15) is 5.82 Å². The van der Waals surface area contributed by atoms with Crippen LogP contribution in [-0.4, -0.2) is 23.1 Å². The molecule has 0 saturated carbocycles. The molecule has 1 aromatic carbocycles. The highest BCUT2D eigenvalue weighted by atomic mass is 79.9. The lowest BCUT2D eigenvalue weighted by Gasteiger charge is -2.03. The Balaban J connectivity index is 1.89. The Morgan fingerprint density at radius 1 is 1.35 bits per heavy atom. The van der Waals surface area contributed by atoms with Gasteiger partial charge in [-0.05, 0) is 25.1 Å². The van der Waals surface area contributed by atoms with Crippen LogP contribution >= 0.6 is 15.9 Å². The van der Waals surface area contributed by atoms with Crippen LogP contribution in [0.15, 0.2) is 34.9 Å². The quantitative estimate of drug-likeness (QED) is 0.893. The van der Waals surface area contributed by atoms with Crippen LogP contribution in [0.1, 0.15) is 18.2 Å². The van der Waals surface area contributed by atoms with Gasteiger partial charge in [0, 0.05) is 22.5 Å². The van der Waals surface area contributed by atoms with Crippen LogP contribution in [0.2, 0.25) is 0 Å². The van der Waals surface area contributed by atoms with E-state index in [1.165, 1.54) is 12.0 Å². The average molecular weight is 292 g/mol. The maximum Gasteiger partial charge on any atom is 0.110 e. The number of nitrogens with zero attached hydrogens (tertiary/aromatic N) is 1. The molecule has 0 bridgehead atoms. The molecule has 2 N–H and O–H groups in total. The Bertz CT molecular complexity index is 515. The Kier molecular flexibility index (Phi) is 2.99. The third kappa shape index (κ3) is 2.28. The second kappa shape index (κ2) is 4.63. The summed E-state index contributed by atoms with van der Waals surface area (Å²) in [7, 11) is 0. The zero-order valence-electron chi connectivity index (χ0n) is 9.41. The number of halogens is 1. The zero-order valence-corrected chi connectivity index (χ0v) is 11.0. The lowest BCUT2D eigenvalue weighted by Crippen LogP contribution is -2.08. The van der Waals surface area contributed by atoms with Gasteiger partial charge in [0.25, 0.3) is 0 Å². The van der Waals surface area contributed by atoms with E-state index in [4.69, 9.17) is 0 Å². The van der Waals surface area contributed by atoms with Crippen LogP contribution in [0.5, 0.6) is 0 Å². The SMILES string of the molecule is Brc1cccc(-c2cnc(C3CCNC3)[nH]2)c1. The third-order valence-corrected chi connectivity index (χ3v) is 3.67. The number of H-pyrrole nitrogens is 1. The fourth-order valence-electron chi connectivity index (χ4n) is 2.23. The third-order valence-electron chi connectivity index (χ3n) is 3.18. The van der Waals surface area contributed by atoms with Crippen molar-refractivity contribution in [3.8, 4) is 11.3 Å². The van der Waals surface area contributed by atoms with Gasteiger partial charge in [-0.15, -0.1) is 0 Å². The summed E-state index contributed by atoms with van der Waals surface area (Å²) in [5, 5.41) is 3.36. The Labute approximate surface area is 109 Å². The Hall–Kier alpha value is -1.13. The molecular weight excluding hydrogens is 278 g/mol. The molecule has 88 valence electrons. The van der Waals surface area contributed by atoms with E-state index in [2.05, 4.69) is 43.3 Å². The molecule has 3 rings (SSSR count). The molecule has 0 spiro atoms. The highest BCUT2D eigenvalue weighted by Gasteiger charge is 2.19. The van der Waals surface area contributed by atoms with Crippen LogP contribution in [0, 0.1) is 0 Å². The molecule has 2 heterocycles. The van der Waals surface area contributed by atoms with Crippen LogP contribution in [-0.2, 0) is 0 Å². The van der Waals surface area contributed by atoms with Crippen molar-refractivity contribution < 1.29 is 0 Å². The number of benzene rings is 1. The minimum Gasteiger partial charge on any atom is -0.342 e. The van der Waals surface area contributed by atoms with Crippen molar-refractivity contribution in [1.82, 2.24) is 15.3 Å². The van der Waals surface area contributed by atoms with E-state index < -0.39 is 0 Å². The summed E-state index contributed by atoms with van der Waals surface area (Å²) in [5.74, 6) is 1.64. The molecular formula is C13H14BrN3. The van der Waals surface area contributed by atoms with Gasteiger partial charge >= 0.3 is 0 Å². The summed E-state index contributed by atoms with van der Waals surface area (Å²) >= 11 is 3.49. The first-order valence-electron chi connectivity index (χ1n) is 5.84. The highest BCUT2D eigenvalue weighted by molar-refractivity contribution is 9.10. The number of imidazole rings is 1. The second-order valence-corrected chi connectivity index (χ2v) is 5.30. The van der Waals surface area contributed by atoms with Gasteiger partial charge in [-0.1, -0.05) is 28.1 Å². The van der Waals surface area contributed by atoms with Gasteiger partial charge in [-0.2, -0.15) is 0 Å². The van der Waals surface area contributed by atoms with E-state index in [9.17, 15) is 0 Å². The van der Waals surface area contributed by atoms with Crippen molar-refractivity contribution in [1.29, 1.82) is 0 Å². The fraction of sp³-hybridized carbons (Fsp3) is 0.308. The number of aromatic amines is 1. The monoisotopic (exact) mass is 291 g/mol. The largest absolute Gasteiger partial charge is 0.342 e. The Morgan fingerprint density at radius 2 is 2.29 bits per heavy atom. The van der Waals surface area contributed by atoms with Gasteiger partial charge in [-0.25, -0.2) is 4.98 Å². The van der Waals surface area contributed by atoms with Crippen molar-refractivity contribution in [2.24, 2.45) is 0 Å². The van der Waals surface area contributed by atoms with Gasteiger partial charge in [0.05, 0.1) is 11.9 Å². The highest BCUT2D eigenvalue weighted by Crippen LogP contribution is 2.25. The number of hydrogen-bond acceptors (Lipinski definition) is 2. The predicted molar refractivity (Wildman–Crippen MR) is 72.0 cm³/mol. The number of hydrogen-bond donors (Lipinski definition) is 2. The number of aromatic nitrogens is 2. The lowest BCUT2D eigenvalue weighted by molar-refractivity contribution is 0.715. The van der Waals surface area contributed by atoms with Crippen molar-refractivity contribution in [3.63, 3.8) is 0 Å². The molecule has 1 aromatic heterocycles. The fourth-order valence-corrected chi connectivity index (χ4v) is 2.63. The minimum atomic E-state index is 0.538. The lowest BCUT2D eigenvalue weighted by atomic mass is 10.1. The summed E-state index contributed by atoms with van der Waals surface area (Å²) in [6, 6.07) is 8.26. The van der Waals surface area contributed by atoms with Crippen LogP contribution < -0.4 is 5.32 Å². The molecule has 3 nitrogen and oxygen atoms in total. The van der Waals surface area contributed by atoms with Crippen molar-refractivity contribution in [3.05, 3.63) is 40.8 Å². The number of nitrogens with one attached hydrogen (secondary N) is 2. The first kappa shape index (κ1) is 11.0. The summed E-state index contributed by atoms with van der Waals surface area (Å²) < 4.78 is 1.09. The van der Waals surface area contributed by atoms with Gasteiger partial charge in [-0.3, -0.25) is 0 Å². The van der Waals surface area contributed by atoms with Crippen LogP contribution in [0.3, 0.4) is 0 Å². The summed E-state index contributed by atoms with van der Waals surface area (Å²) in [6.07, 6.45) is 3.10. The van der Waals surface area contributed by atoms with E-state index in [-0.39, 0.29) is 0 Å². The normalized spacial score (nSPS) is 19.7. The molecule has 1 saturated heterocycles. The first-order chi connectivity index (χ1) is 8.33. The smallest absolute Gasteiger partial charge is 0.110 e. The molecule has 0 aliphatic carbocycles. The molecule has 1 aliphatic rings. The van der Waals surface area contributed by atoms with Crippen molar-refractivity contribution in [2.45, 2.75) is 12.3 Å². The molecule has 1 aliphatic heterocycles. The van der Waals surface area contributed by atoms with E-state index in [0.29, 0.717) is 5.92 Å². The standard InChI is InChI=1S/C13H14BrN3/c14-11-3-1-2-9(6-11)12-8-16-13(17-12)10-4-5-15-7-10/h1-3,6,8,10,15H,4-5,7H2,(H,16,17). The Morgan fingerprint density at radius 3 is 3.06 bits per heavy atom. The topological polar surface area (TPSA) is 40.7 Å².